The van der Waals surface area contributed by atoms with E-state index in [1.165, 1.54) is 10.7 Å². The number of benzene rings is 1. The zero-order valence-electron chi connectivity index (χ0n) is 16.8. The summed E-state index contributed by atoms with van der Waals surface area (Å²) in [5, 5.41) is 6.30. The van der Waals surface area contributed by atoms with Crippen LogP contribution in [0.25, 0.3) is 27.9 Å². The first-order valence-corrected chi connectivity index (χ1v) is 9.87. The lowest BCUT2D eigenvalue weighted by Gasteiger charge is -2.20. The van der Waals surface area contributed by atoms with Crippen molar-refractivity contribution in [2.75, 3.05) is 0 Å². The molecule has 7 nitrogen and oxygen atoms in total. The Balaban J connectivity index is 1.54. The van der Waals surface area contributed by atoms with Crippen molar-refractivity contribution < 1.29 is 18.0 Å². The molecule has 1 N–H and O–H groups in total. The van der Waals surface area contributed by atoms with Gasteiger partial charge < -0.3 is 9.88 Å². The van der Waals surface area contributed by atoms with Gasteiger partial charge in [0.15, 0.2) is 5.65 Å². The number of aromatic nitrogens is 5. The van der Waals surface area contributed by atoms with E-state index in [0.717, 1.165) is 16.6 Å². The van der Waals surface area contributed by atoms with Gasteiger partial charge in [0.1, 0.15) is 11.6 Å². The van der Waals surface area contributed by atoms with Crippen LogP contribution < -0.4 is 5.32 Å². The summed E-state index contributed by atoms with van der Waals surface area (Å²) in [6.07, 6.45) is -0.608. The summed E-state index contributed by atoms with van der Waals surface area (Å²) >= 11 is 0. The number of hydrogen-bond donors (Lipinski definition) is 1. The molecule has 1 amide bonds. The van der Waals surface area contributed by atoms with Crippen molar-refractivity contribution in [2.45, 2.75) is 32.0 Å². The summed E-state index contributed by atoms with van der Waals surface area (Å²) in [5.74, 6) is -1.39. The third-order valence-corrected chi connectivity index (χ3v) is 5.65. The predicted molar refractivity (Wildman–Crippen MR) is 107 cm³/mol. The Morgan fingerprint density at radius 1 is 1.26 bits per heavy atom. The van der Waals surface area contributed by atoms with Crippen LogP contribution in [0.1, 0.15) is 28.9 Å². The number of nitrogens with zero attached hydrogens (tertiary/aromatic N) is 5. The number of rotatable bonds is 4. The normalized spacial score (nSPS) is 15.5. The van der Waals surface area contributed by atoms with Crippen molar-refractivity contribution in [1.82, 2.24) is 29.5 Å². The maximum absolute atomic E-state index is 13.3. The average molecular weight is 428 g/mol. The predicted octanol–water partition coefficient (Wildman–Crippen LogP) is 3.66. The Kier molecular flexibility index (Phi) is 4.28. The fourth-order valence-corrected chi connectivity index (χ4v) is 3.83. The van der Waals surface area contributed by atoms with Crippen molar-refractivity contribution in [3.05, 3.63) is 48.0 Å². The first-order chi connectivity index (χ1) is 14.7. The van der Waals surface area contributed by atoms with E-state index >= 15 is 0 Å². The number of halogens is 3. The summed E-state index contributed by atoms with van der Waals surface area (Å²) in [6, 6.07) is 5.66. The lowest BCUT2D eigenvalue weighted by atomic mass is 10.1. The van der Waals surface area contributed by atoms with E-state index in [-0.39, 0.29) is 11.2 Å². The Hall–Kier alpha value is -3.43. The van der Waals surface area contributed by atoms with E-state index in [9.17, 15) is 18.0 Å². The van der Waals surface area contributed by atoms with Crippen molar-refractivity contribution in [3.8, 4) is 11.3 Å². The third-order valence-electron chi connectivity index (χ3n) is 5.65. The number of nitrogens with one attached hydrogen (secondary N) is 1. The molecule has 160 valence electrons. The summed E-state index contributed by atoms with van der Waals surface area (Å²) in [4.78, 5) is 21.6. The van der Waals surface area contributed by atoms with E-state index in [1.54, 1.807) is 13.3 Å². The van der Waals surface area contributed by atoms with Gasteiger partial charge in [-0.3, -0.25) is 4.79 Å². The van der Waals surface area contributed by atoms with Crippen molar-refractivity contribution >= 4 is 22.6 Å². The van der Waals surface area contributed by atoms with Crippen LogP contribution in [0.3, 0.4) is 0 Å². The molecule has 1 atom stereocenters. The number of amides is 1. The average Bonchev–Trinajstić information content (AvgIpc) is 3.35. The van der Waals surface area contributed by atoms with Gasteiger partial charge in [0.25, 0.3) is 5.91 Å². The van der Waals surface area contributed by atoms with E-state index < -0.39 is 24.0 Å². The van der Waals surface area contributed by atoms with Gasteiger partial charge in [-0.1, -0.05) is 6.07 Å². The molecular weight excluding hydrogens is 409 g/mol. The van der Waals surface area contributed by atoms with E-state index in [2.05, 4.69) is 20.4 Å². The van der Waals surface area contributed by atoms with Gasteiger partial charge in [-0.25, -0.2) is 14.5 Å². The van der Waals surface area contributed by atoms with Crippen LogP contribution in [0.2, 0.25) is 0 Å². The molecule has 0 spiro atoms. The summed E-state index contributed by atoms with van der Waals surface area (Å²) in [5.41, 5.74) is 4.06. The Morgan fingerprint density at radius 2 is 2.03 bits per heavy atom. The number of fused-ring (bicyclic) bond motifs is 2. The number of carbonyl (C=O) groups is 1. The van der Waals surface area contributed by atoms with Gasteiger partial charge in [0.2, 0.25) is 0 Å². The van der Waals surface area contributed by atoms with Crippen LogP contribution in [0.5, 0.6) is 0 Å². The van der Waals surface area contributed by atoms with Crippen LogP contribution in [0.15, 0.2) is 36.8 Å². The van der Waals surface area contributed by atoms with Gasteiger partial charge in [-0.05, 0) is 43.9 Å². The largest absolute Gasteiger partial charge is 0.408 e. The minimum absolute atomic E-state index is 0.0127. The minimum atomic E-state index is -4.49. The zero-order valence-corrected chi connectivity index (χ0v) is 16.8. The first kappa shape index (κ1) is 19.5. The first-order valence-electron chi connectivity index (χ1n) is 9.87. The number of imidazole rings is 1. The molecular formula is C21H19F3N6O. The lowest BCUT2D eigenvalue weighted by molar-refractivity contribution is -0.158. The highest BCUT2D eigenvalue weighted by atomic mass is 19.4. The van der Waals surface area contributed by atoms with Crippen molar-refractivity contribution in [3.63, 3.8) is 0 Å². The number of carbonyl (C=O) groups excluding carboxylic acids is 1. The van der Waals surface area contributed by atoms with Gasteiger partial charge in [0.05, 0.1) is 29.3 Å². The van der Waals surface area contributed by atoms with Gasteiger partial charge >= 0.3 is 6.18 Å². The van der Waals surface area contributed by atoms with Crippen molar-refractivity contribution in [1.29, 1.82) is 0 Å². The summed E-state index contributed by atoms with van der Waals surface area (Å²) in [7, 11) is 1.90. The monoisotopic (exact) mass is 428 g/mol. The standard InChI is InChI=1S/C21H19F3N6O/c1-11-7-15(13-5-6-17-16(8-13)25-10-29(17)2)27-19-14(9-26-30(11)19)20(31)28-18(12-3-4-12)21(22,23)24/h5-10,12,18H,3-4H2,1-2H3,(H,28,31). The maximum atomic E-state index is 13.3. The Labute approximate surface area is 174 Å². The van der Waals surface area contributed by atoms with Crippen LogP contribution >= 0.6 is 0 Å². The molecule has 10 heteroatoms. The van der Waals surface area contributed by atoms with Crippen LogP contribution in [-0.4, -0.2) is 42.3 Å². The van der Waals surface area contributed by atoms with Gasteiger partial charge in [-0.15, -0.1) is 0 Å². The van der Waals surface area contributed by atoms with E-state index in [1.807, 2.05) is 35.9 Å². The molecule has 0 radical (unpaired) electrons. The Bertz CT molecular complexity index is 1320. The summed E-state index contributed by atoms with van der Waals surface area (Å²) in [6.45, 7) is 1.80. The molecule has 3 heterocycles. The molecule has 1 aromatic carbocycles. The summed E-state index contributed by atoms with van der Waals surface area (Å²) < 4.78 is 43.4. The fraction of sp³-hybridized carbons (Fsp3) is 0.333. The SMILES string of the molecule is Cc1cc(-c2ccc3c(c2)ncn3C)nc2c(C(=O)NC(C3CC3)C(F)(F)F)cnn12. The quantitative estimate of drug-likeness (QED) is 0.538. The molecule has 0 bridgehead atoms. The lowest BCUT2D eigenvalue weighted by Crippen LogP contribution is -2.46. The highest BCUT2D eigenvalue weighted by Gasteiger charge is 2.49. The molecule has 1 aliphatic carbocycles. The fourth-order valence-electron chi connectivity index (χ4n) is 3.83. The molecule has 1 fully saturated rings. The van der Waals surface area contributed by atoms with Crippen LogP contribution in [-0.2, 0) is 7.05 Å². The molecule has 3 aromatic heterocycles. The second-order valence-corrected chi connectivity index (χ2v) is 7.97. The second kappa shape index (κ2) is 6.79. The number of aryl methyl sites for hydroxylation is 2. The second-order valence-electron chi connectivity index (χ2n) is 7.97. The van der Waals surface area contributed by atoms with Crippen LogP contribution in [0, 0.1) is 12.8 Å². The maximum Gasteiger partial charge on any atom is 0.408 e. The molecule has 5 rings (SSSR count). The van der Waals surface area contributed by atoms with E-state index in [0.29, 0.717) is 24.2 Å². The highest BCUT2D eigenvalue weighted by Crippen LogP contribution is 2.40. The smallest absolute Gasteiger partial charge is 0.340 e. The number of alkyl halides is 3. The third kappa shape index (κ3) is 3.41. The molecule has 1 unspecified atom stereocenters. The van der Waals surface area contributed by atoms with Gasteiger partial charge in [0, 0.05) is 18.3 Å². The zero-order chi connectivity index (χ0) is 21.9. The topological polar surface area (TPSA) is 77.1 Å². The molecule has 1 aliphatic rings. The molecule has 0 saturated heterocycles. The van der Waals surface area contributed by atoms with Crippen LogP contribution in [0.4, 0.5) is 13.2 Å². The van der Waals surface area contributed by atoms with E-state index in [4.69, 9.17) is 0 Å². The Morgan fingerprint density at radius 3 is 2.74 bits per heavy atom. The highest BCUT2D eigenvalue weighted by molar-refractivity contribution is 6.00. The van der Waals surface area contributed by atoms with Crippen molar-refractivity contribution in [2.24, 2.45) is 13.0 Å². The molecule has 4 aromatic rings. The molecule has 0 aliphatic heterocycles. The van der Waals surface area contributed by atoms with Gasteiger partial charge in [-0.2, -0.15) is 18.3 Å². The molecule has 31 heavy (non-hydrogen) atoms. The number of hydrogen-bond acceptors (Lipinski definition) is 4. The molecule has 1 saturated carbocycles. The minimum Gasteiger partial charge on any atom is -0.340 e.